The molecular formula is C20H14NO3P. The van der Waals surface area contributed by atoms with Crippen molar-refractivity contribution in [2.24, 2.45) is 0 Å². The first kappa shape index (κ1) is 15.5. The van der Waals surface area contributed by atoms with Crippen molar-refractivity contribution in [3.8, 4) is 28.9 Å². The first-order valence-electron chi connectivity index (χ1n) is 7.79. The summed E-state index contributed by atoms with van der Waals surface area (Å²) < 4.78 is 25.2. The van der Waals surface area contributed by atoms with Crippen LogP contribution in [0.4, 0.5) is 0 Å². The van der Waals surface area contributed by atoms with E-state index in [4.69, 9.17) is 14.5 Å². The van der Waals surface area contributed by atoms with Gasteiger partial charge in [0, 0.05) is 5.56 Å². The molecule has 3 aromatic carbocycles. The molecule has 0 saturated carbocycles. The van der Waals surface area contributed by atoms with Crippen molar-refractivity contribution < 1.29 is 13.8 Å². The molecule has 1 aliphatic rings. The number of benzene rings is 3. The molecule has 122 valence electrons. The fraction of sp³-hybridized carbons (Fsp3) is 0.0500. The minimum atomic E-state index is -3.46. The first-order chi connectivity index (χ1) is 12.1. The lowest BCUT2D eigenvalue weighted by atomic mass is 10.0. The van der Waals surface area contributed by atoms with Gasteiger partial charge in [0.25, 0.3) is 6.26 Å². The first-order valence-corrected chi connectivity index (χ1v) is 9.42. The van der Waals surface area contributed by atoms with Gasteiger partial charge in [0.2, 0.25) is 0 Å². The maximum atomic E-state index is 14.1. The predicted octanol–water partition coefficient (Wildman–Crippen LogP) is 4.14. The molecule has 4 nitrogen and oxygen atoms in total. The fourth-order valence-electron chi connectivity index (χ4n) is 3.09. The van der Waals surface area contributed by atoms with Gasteiger partial charge in [0.1, 0.15) is 5.75 Å². The second-order valence-electron chi connectivity index (χ2n) is 5.82. The number of nitrogens with zero attached hydrogens (tertiary/aromatic N) is 1. The van der Waals surface area contributed by atoms with Gasteiger partial charge < -0.3 is 9.26 Å². The van der Waals surface area contributed by atoms with Gasteiger partial charge >= 0.3 is 7.37 Å². The lowest BCUT2D eigenvalue weighted by Crippen LogP contribution is -2.26. The third kappa shape index (κ3) is 2.41. The number of ether oxygens (including phenoxy) is 1. The Kier molecular flexibility index (Phi) is 3.60. The zero-order valence-electron chi connectivity index (χ0n) is 13.5. The van der Waals surface area contributed by atoms with Crippen LogP contribution in [0.3, 0.4) is 0 Å². The topological polar surface area (TPSA) is 59.3 Å². The van der Waals surface area contributed by atoms with Crippen LogP contribution in [0.15, 0.2) is 66.7 Å². The number of hydrogen-bond donors (Lipinski definition) is 0. The van der Waals surface area contributed by atoms with E-state index in [1.807, 2.05) is 55.5 Å². The molecule has 0 fully saturated rings. The maximum Gasteiger partial charge on any atom is 0.311 e. The molecule has 0 spiro atoms. The molecule has 1 heterocycles. The number of para-hydroxylation sites is 1. The minimum absolute atomic E-state index is 0.255. The van der Waals surface area contributed by atoms with Crippen LogP contribution in [0.25, 0.3) is 11.1 Å². The smallest absolute Gasteiger partial charge is 0.311 e. The minimum Gasteiger partial charge on any atom is -0.436 e. The highest BCUT2D eigenvalue weighted by atomic mass is 31.2. The van der Waals surface area contributed by atoms with Crippen molar-refractivity contribution in [1.29, 1.82) is 5.26 Å². The summed E-state index contributed by atoms with van der Waals surface area (Å²) in [6, 6.07) is 20.2. The number of rotatable bonds is 2. The number of aryl methyl sites for hydroxylation is 1. The highest BCUT2D eigenvalue weighted by Crippen LogP contribution is 2.55. The Morgan fingerprint density at radius 1 is 0.960 bits per heavy atom. The van der Waals surface area contributed by atoms with E-state index in [-0.39, 0.29) is 5.75 Å². The van der Waals surface area contributed by atoms with E-state index < -0.39 is 7.37 Å². The molecule has 0 saturated heterocycles. The zero-order chi connectivity index (χ0) is 17.4. The van der Waals surface area contributed by atoms with E-state index in [9.17, 15) is 4.57 Å². The Bertz CT molecular complexity index is 1070. The summed E-state index contributed by atoms with van der Waals surface area (Å²) in [7, 11) is -3.46. The molecule has 0 bridgehead atoms. The molecule has 1 atom stereocenters. The van der Waals surface area contributed by atoms with Gasteiger partial charge in [-0.15, -0.1) is 5.26 Å². The van der Waals surface area contributed by atoms with E-state index in [0.717, 1.165) is 16.7 Å². The van der Waals surface area contributed by atoms with Crippen molar-refractivity contribution >= 4 is 18.0 Å². The van der Waals surface area contributed by atoms with Crippen molar-refractivity contribution in [3.63, 3.8) is 0 Å². The van der Waals surface area contributed by atoms with Gasteiger partial charge in [-0.3, -0.25) is 4.57 Å². The summed E-state index contributed by atoms with van der Waals surface area (Å²) in [5.41, 5.74) is 2.69. The van der Waals surface area contributed by atoms with Gasteiger partial charge in [-0.1, -0.05) is 42.5 Å². The second kappa shape index (κ2) is 5.81. The third-order valence-corrected chi connectivity index (χ3v) is 6.67. The lowest BCUT2D eigenvalue weighted by molar-refractivity contribution is 0.491. The van der Waals surface area contributed by atoms with Gasteiger partial charge in [0.15, 0.2) is 5.75 Å². The van der Waals surface area contributed by atoms with Crippen LogP contribution in [-0.4, -0.2) is 0 Å². The van der Waals surface area contributed by atoms with E-state index in [2.05, 4.69) is 0 Å². The Morgan fingerprint density at radius 2 is 1.68 bits per heavy atom. The lowest BCUT2D eigenvalue weighted by Gasteiger charge is -2.29. The van der Waals surface area contributed by atoms with E-state index in [1.54, 1.807) is 24.5 Å². The largest absolute Gasteiger partial charge is 0.436 e. The molecular weight excluding hydrogens is 333 g/mol. The van der Waals surface area contributed by atoms with Gasteiger partial charge in [-0.25, -0.2) is 0 Å². The molecule has 0 amide bonds. The van der Waals surface area contributed by atoms with Crippen molar-refractivity contribution in [3.05, 3.63) is 72.3 Å². The Labute approximate surface area is 145 Å². The molecule has 5 heteroatoms. The average molecular weight is 347 g/mol. The van der Waals surface area contributed by atoms with Crippen LogP contribution in [-0.2, 0) is 4.57 Å². The van der Waals surface area contributed by atoms with Crippen LogP contribution in [0.5, 0.6) is 11.5 Å². The second-order valence-corrected chi connectivity index (χ2v) is 8.07. The van der Waals surface area contributed by atoms with Gasteiger partial charge in [-0.05, 0) is 42.3 Å². The number of fused-ring (bicyclic) bond motifs is 3. The van der Waals surface area contributed by atoms with Crippen LogP contribution >= 0.6 is 7.37 Å². The normalized spacial score (nSPS) is 17.6. The molecule has 0 radical (unpaired) electrons. The van der Waals surface area contributed by atoms with Crippen LogP contribution in [0, 0.1) is 18.4 Å². The Morgan fingerprint density at radius 3 is 2.48 bits per heavy atom. The zero-order valence-corrected chi connectivity index (χ0v) is 14.4. The van der Waals surface area contributed by atoms with Gasteiger partial charge in [-0.2, -0.15) is 0 Å². The Balaban J connectivity index is 2.02. The molecule has 25 heavy (non-hydrogen) atoms. The predicted molar refractivity (Wildman–Crippen MR) is 96.8 cm³/mol. The number of hydrogen-bond acceptors (Lipinski definition) is 4. The van der Waals surface area contributed by atoms with E-state index >= 15 is 0 Å². The number of nitriles is 1. The van der Waals surface area contributed by atoms with Crippen molar-refractivity contribution in [1.82, 2.24) is 0 Å². The molecule has 3 aromatic rings. The molecule has 0 aromatic heterocycles. The maximum absolute atomic E-state index is 14.1. The third-order valence-electron chi connectivity index (χ3n) is 4.21. The summed E-state index contributed by atoms with van der Waals surface area (Å²) in [6.07, 6.45) is 1.67. The van der Waals surface area contributed by atoms with Crippen LogP contribution in [0.1, 0.15) is 5.56 Å². The molecule has 1 aliphatic heterocycles. The van der Waals surface area contributed by atoms with Crippen LogP contribution < -0.4 is 19.9 Å². The fourth-order valence-corrected chi connectivity index (χ4v) is 5.56. The molecule has 1 unspecified atom stereocenters. The summed E-state index contributed by atoms with van der Waals surface area (Å²) in [6.45, 7) is 1.90. The SMILES string of the molecule is Cc1ccc(OC#N)c(P2(=O)Oc3ccccc3-c3ccccc32)c1. The summed E-state index contributed by atoms with van der Waals surface area (Å²) in [5.74, 6) is 0.819. The monoisotopic (exact) mass is 347 g/mol. The standard InChI is InChI=1S/C20H14NO3P/c1-14-10-11-18(23-13-21)20(12-14)25(22)19-9-5-3-7-16(19)15-6-2-4-8-17(15)24-25/h2-12H,1H3. The van der Waals surface area contributed by atoms with E-state index in [0.29, 0.717) is 16.4 Å². The average Bonchev–Trinajstić information content (AvgIpc) is 2.64. The van der Waals surface area contributed by atoms with Gasteiger partial charge in [0.05, 0.1) is 10.6 Å². The van der Waals surface area contributed by atoms with E-state index in [1.165, 1.54) is 0 Å². The molecule has 4 rings (SSSR count). The highest BCUT2D eigenvalue weighted by Gasteiger charge is 2.40. The van der Waals surface area contributed by atoms with Crippen molar-refractivity contribution in [2.45, 2.75) is 6.92 Å². The summed E-state index contributed by atoms with van der Waals surface area (Å²) in [4.78, 5) is 0. The highest BCUT2D eigenvalue weighted by molar-refractivity contribution is 7.75. The summed E-state index contributed by atoms with van der Waals surface area (Å²) >= 11 is 0. The van der Waals surface area contributed by atoms with Crippen molar-refractivity contribution in [2.75, 3.05) is 0 Å². The van der Waals surface area contributed by atoms with Crippen LogP contribution in [0.2, 0.25) is 0 Å². The molecule has 0 N–H and O–H groups in total. The summed E-state index contributed by atoms with van der Waals surface area (Å²) in [5, 5.41) is 9.96. The quantitative estimate of drug-likeness (QED) is 0.516. The molecule has 0 aliphatic carbocycles. The Hall–Kier alpha value is -3.02.